The highest BCUT2D eigenvalue weighted by Gasteiger charge is 2.14. The van der Waals surface area contributed by atoms with Gasteiger partial charge in [0.25, 0.3) is 0 Å². The number of hydrogen-bond donors (Lipinski definition) is 1. The number of ether oxygens (including phenoxy) is 1. The number of nitrogens with zero attached hydrogens (tertiary/aromatic N) is 2. The summed E-state index contributed by atoms with van der Waals surface area (Å²) in [6, 6.07) is 7.78. The van der Waals surface area contributed by atoms with E-state index >= 15 is 0 Å². The van der Waals surface area contributed by atoms with Crippen LogP contribution in [-0.2, 0) is 0 Å². The summed E-state index contributed by atoms with van der Waals surface area (Å²) in [5, 5.41) is 0. The average Bonchev–Trinajstić information content (AvgIpc) is 2.46. The van der Waals surface area contributed by atoms with Crippen molar-refractivity contribution in [2.75, 3.05) is 13.7 Å². The normalized spacial score (nSPS) is 12.2. The molecular formula is C16H21N3O. The minimum atomic E-state index is 0.278. The second-order valence-corrected chi connectivity index (χ2v) is 5.00. The van der Waals surface area contributed by atoms with Crippen LogP contribution in [0.1, 0.15) is 29.8 Å². The van der Waals surface area contributed by atoms with Crippen molar-refractivity contribution in [3.8, 4) is 17.1 Å². The van der Waals surface area contributed by atoms with Crippen LogP contribution in [0.4, 0.5) is 0 Å². The molecular weight excluding hydrogens is 250 g/mol. The van der Waals surface area contributed by atoms with Crippen molar-refractivity contribution < 1.29 is 4.74 Å². The van der Waals surface area contributed by atoms with Crippen molar-refractivity contribution in [1.29, 1.82) is 0 Å². The van der Waals surface area contributed by atoms with Gasteiger partial charge in [0, 0.05) is 17.0 Å². The molecule has 4 nitrogen and oxygen atoms in total. The molecule has 20 heavy (non-hydrogen) atoms. The Morgan fingerprint density at radius 3 is 2.10 bits per heavy atom. The predicted molar refractivity (Wildman–Crippen MR) is 81.0 cm³/mol. The van der Waals surface area contributed by atoms with Gasteiger partial charge < -0.3 is 10.5 Å². The van der Waals surface area contributed by atoms with Crippen LogP contribution in [0.2, 0.25) is 0 Å². The lowest BCUT2D eigenvalue weighted by atomic mass is 9.98. The Balaban J connectivity index is 2.43. The fourth-order valence-corrected chi connectivity index (χ4v) is 2.43. The smallest absolute Gasteiger partial charge is 0.159 e. The maximum atomic E-state index is 5.75. The van der Waals surface area contributed by atoms with Gasteiger partial charge >= 0.3 is 0 Å². The van der Waals surface area contributed by atoms with Gasteiger partial charge in [0.2, 0.25) is 0 Å². The van der Waals surface area contributed by atoms with Crippen molar-refractivity contribution >= 4 is 0 Å². The molecule has 0 aliphatic carbocycles. The van der Waals surface area contributed by atoms with E-state index in [2.05, 4.69) is 16.9 Å². The van der Waals surface area contributed by atoms with E-state index in [1.54, 1.807) is 7.11 Å². The fourth-order valence-electron chi connectivity index (χ4n) is 2.43. The zero-order valence-electron chi connectivity index (χ0n) is 12.5. The predicted octanol–water partition coefficient (Wildman–Crippen LogP) is 2.83. The Labute approximate surface area is 120 Å². The first-order valence-corrected chi connectivity index (χ1v) is 6.76. The molecule has 1 heterocycles. The van der Waals surface area contributed by atoms with Gasteiger partial charge in [-0.25, -0.2) is 9.97 Å². The lowest BCUT2D eigenvalue weighted by Gasteiger charge is -2.15. The molecule has 0 amide bonds. The van der Waals surface area contributed by atoms with Crippen LogP contribution in [0.15, 0.2) is 24.3 Å². The van der Waals surface area contributed by atoms with Crippen molar-refractivity contribution in [1.82, 2.24) is 9.97 Å². The van der Waals surface area contributed by atoms with E-state index < -0.39 is 0 Å². The Morgan fingerprint density at radius 1 is 1.10 bits per heavy atom. The molecule has 2 aromatic rings. The third kappa shape index (κ3) is 2.80. The van der Waals surface area contributed by atoms with Crippen LogP contribution >= 0.6 is 0 Å². The van der Waals surface area contributed by atoms with Gasteiger partial charge in [0.1, 0.15) is 5.75 Å². The molecule has 106 valence electrons. The van der Waals surface area contributed by atoms with Crippen molar-refractivity contribution in [2.24, 2.45) is 5.73 Å². The minimum absolute atomic E-state index is 0.278. The average molecular weight is 271 g/mol. The van der Waals surface area contributed by atoms with E-state index in [9.17, 15) is 0 Å². The van der Waals surface area contributed by atoms with Crippen LogP contribution in [0, 0.1) is 13.8 Å². The van der Waals surface area contributed by atoms with Gasteiger partial charge in [-0.15, -0.1) is 0 Å². The molecule has 0 radical (unpaired) electrons. The summed E-state index contributed by atoms with van der Waals surface area (Å²) in [5.74, 6) is 1.85. The molecule has 1 unspecified atom stereocenters. The van der Waals surface area contributed by atoms with E-state index in [-0.39, 0.29) is 5.92 Å². The molecule has 0 aliphatic heterocycles. The Hall–Kier alpha value is -1.94. The first-order chi connectivity index (χ1) is 9.56. The first kappa shape index (κ1) is 14.5. The van der Waals surface area contributed by atoms with Gasteiger partial charge in [0.05, 0.1) is 7.11 Å². The van der Waals surface area contributed by atoms with Gasteiger partial charge in [-0.1, -0.05) is 6.92 Å². The van der Waals surface area contributed by atoms with Gasteiger partial charge in [-0.3, -0.25) is 0 Å². The maximum Gasteiger partial charge on any atom is 0.159 e. The number of methoxy groups -OCH3 is 1. The van der Waals surface area contributed by atoms with E-state index in [0.29, 0.717) is 6.54 Å². The molecule has 1 aromatic heterocycles. The highest BCUT2D eigenvalue weighted by Crippen LogP contribution is 2.25. The van der Waals surface area contributed by atoms with Crippen molar-refractivity contribution in [2.45, 2.75) is 26.7 Å². The fraction of sp³-hybridized carbons (Fsp3) is 0.375. The number of hydrogen-bond acceptors (Lipinski definition) is 4. The highest BCUT2D eigenvalue weighted by molar-refractivity contribution is 5.57. The Kier molecular flexibility index (Phi) is 4.35. The molecule has 1 atom stereocenters. The van der Waals surface area contributed by atoms with Gasteiger partial charge in [-0.05, 0) is 56.1 Å². The van der Waals surface area contributed by atoms with E-state index in [1.807, 2.05) is 38.1 Å². The third-order valence-electron chi connectivity index (χ3n) is 3.52. The van der Waals surface area contributed by atoms with Crippen LogP contribution < -0.4 is 10.5 Å². The van der Waals surface area contributed by atoms with Gasteiger partial charge in [0.15, 0.2) is 5.82 Å². The van der Waals surface area contributed by atoms with Crippen LogP contribution in [-0.4, -0.2) is 23.6 Å². The molecule has 2 rings (SSSR count). The molecule has 2 N–H and O–H groups in total. The quantitative estimate of drug-likeness (QED) is 0.929. The number of aromatic nitrogens is 2. The summed E-state index contributed by atoms with van der Waals surface area (Å²) in [4.78, 5) is 9.24. The number of nitrogens with two attached hydrogens (primary N) is 1. The van der Waals surface area contributed by atoms with Crippen molar-refractivity contribution in [3.63, 3.8) is 0 Å². The van der Waals surface area contributed by atoms with Crippen molar-refractivity contribution in [3.05, 3.63) is 41.2 Å². The molecule has 1 aromatic carbocycles. The highest BCUT2D eigenvalue weighted by atomic mass is 16.5. The SMILES string of the molecule is COc1ccc(-c2nc(C)c(C(C)CN)c(C)n2)cc1. The van der Waals surface area contributed by atoms with E-state index in [1.165, 1.54) is 0 Å². The molecule has 0 saturated carbocycles. The van der Waals surface area contributed by atoms with Gasteiger partial charge in [-0.2, -0.15) is 0 Å². The van der Waals surface area contributed by atoms with E-state index in [4.69, 9.17) is 10.5 Å². The summed E-state index contributed by atoms with van der Waals surface area (Å²) in [5.41, 5.74) is 9.90. The number of benzene rings is 1. The van der Waals surface area contributed by atoms with Crippen LogP contribution in [0.3, 0.4) is 0 Å². The summed E-state index contributed by atoms with van der Waals surface area (Å²) < 4.78 is 5.16. The minimum Gasteiger partial charge on any atom is -0.497 e. The summed E-state index contributed by atoms with van der Waals surface area (Å²) in [7, 11) is 1.66. The van der Waals surface area contributed by atoms with E-state index in [0.717, 1.165) is 34.1 Å². The maximum absolute atomic E-state index is 5.75. The lowest BCUT2D eigenvalue weighted by molar-refractivity contribution is 0.415. The van der Waals surface area contributed by atoms with Crippen LogP contribution in [0.5, 0.6) is 5.75 Å². The molecule has 4 heteroatoms. The summed E-state index contributed by atoms with van der Waals surface area (Å²) in [6.45, 7) is 6.74. The second kappa shape index (κ2) is 6.01. The molecule has 0 saturated heterocycles. The zero-order chi connectivity index (χ0) is 14.7. The Bertz CT molecular complexity index is 570. The molecule has 0 spiro atoms. The largest absolute Gasteiger partial charge is 0.497 e. The molecule has 0 aliphatic rings. The first-order valence-electron chi connectivity index (χ1n) is 6.76. The topological polar surface area (TPSA) is 61.0 Å². The molecule has 0 fully saturated rings. The van der Waals surface area contributed by atoms with Crippen LogP contribution in [0.25, 0.3) is 11.4 Å². The monoisotopic (exact) mass is 271 g/mol. The zero-order valence-corrected chi connectivity index (χ0v) is 12.5. The summed E-state index contributed by atoms with van der Waals surface area (Å²) >= 11 is 0. The number of rotatable bonds is 4. The standard InChI is InChI=1S/C16H21N3O/c1-10(9-17)15-11(2)18-16(19-12(15)3)13-5-7-14(20-4)8-6-13/h5-8,10H,9,17H2,1-4H3. The molecule has 0 bridgehead atoms. The lowest BCUT2D eigenvalue weighted by Crippen LogP contribution is -2.14. The Morgan fingerprint density at radius 2 is 1.65 bits per heavy atom. The summed E-state index contributed by atoms with van der Waals surface area (Å²) in [6.07, 6.45) is 0. The third-order valence-corrected chi connectivity index (χ3v) is 3.52. The second-order valence-electron chi connectivity index (χ2n) is 5.00. The number of aryl methyl sites for hydroxylation is 2.